The maximum absolute atomic E-state index is 11.8. The minimum Gasteiger partial charge on any atom is -0.290 e. The van der Waals surface area contributed by atoms with Crippen LogP contribution < -0.4 is 0 Å². The molecule has 18 heavy (non-hydrogen) atoms. The molecule has 0 N–H and O–H groups in total. The van der Waals surface area contributed by atoms with Crippen LogP contribution in [0.5, 0.6) is 0 Å². The second kappa shape index (κ2) is 6.90. The first kappa shape index (κ1) is 14.4. The monoisotopic (exact) mass is 280 g/mol. The van der Waals surface area contributed by atoms with Gasteiger partial charge in [-0.3, -0.25) is 9.59 Å². The van der Waals surface area contributed by atoms with Crippen LogP contribution in [0.1, 0.15) is 15.9 Å². The van der Waals surface area contributed by atoms with Crippen molar-refractivity contribution in [1.29, 1.82) is 0 Å². The molecule has 2 aromatic rings. The predicted molar refractivity (Wildman–Crippen MR) is 65.9 cm³/mol. The predicted octanol–water partition coefficient (Wildman–Crippen LogP) is 2.68. The average molecular weight is 280 g/mol. The Morgan fingerprint density at radius 1 is 0.778 bits per heavy atom. The second-order valence-electron chi connectivity index (χ2n) is 3.78. The normalized spacial score (nSPS) is 9.33. The van der Waals surface area contributed by atoms with E-state index >= 15 is 0 Å². The second-order valence-corrected chi connectivity index (χ2v) is 3.78. The van der Waals surface area contributed by atoms with Crippen LogP contribution in [-0.2, 0) is 28.3 Å². The summed E-state index contributed by atoms with van der Waals surface area (Å²) >= 11 is 0. The molecule has 2 rings (SSSR count). The number of ketones is 2. The van der Waals surface area contributed by atoms with Gasteiger partial charge < -0.3 is 0 Å². The van der Waals surface area contributed by atoms with Crippen LogP contribution >= 0.6 is 0 Å². The summed E-state index contributed by atoms with van der Waals surface area (Å²) in [5.74, 6) is -0.795. The summed E-state index contributed by atoms with van der Waals surface area (Å²) in [6, 6.07) is 17.9. The fourth-order valence-electron chi connectivity index (χ4n) is 1.61. The molecule has 0 saturated heterocycles. The van der Waals surface area contributed by atoms with Crippen LogP contribution in [0, 0.1) is 0 Å². The number of carbonyl (C=O) groups is 2. The van der Waals surface area contributed by atoms with E-state index in [0.29, 0.717) is 5.56 Å². The topological polar surface area (TPSA) is 34.1 Å². The fourth-order valence-corrected chi connectivity index (χ4v) is 1.61. The summed E-state index contributed by atoms with van der Waals surface area (Å²) in [7, 11) is 0. The molecule has 2 aromatic carbocycles. The fraction of sp³-hybridized carbons (Fsp3) is 0.0667. The van der Waals surface area contributed by atoms with E-state index in [9.17, 15) is 9.59 Å². The van der Waals surface area contributed by atoms with Gasteiger partial charge in [0.2, 0.25) is 11.6 Å². The average Bonchev–Trinajstić information content (AvgIpc) is 2.40. The summed E-state index contributed by atoms with van der Waals surface area (Å²) < 4.78 is 0. The number of rotatable bonds is 4. The maximum atomic E-state index is 11.8. The molecule has 3 heteroatoms. The van der Waals surface area contributed by atoms with Gasteiger partial charge in [0.25, 0.3) is 0 Å². The Bertz CT molecular complexity index is 521. The van der Waals surface area contributed by atoms with Gasteiger partial charge in [-0.2, -0.15) is 0 Å². The third kappa shape index (κ3) is 3.66. The molecule has 0 radical (unpaired) electrons. The quantitative estimate of drug-likeness (QED) is 0.490. The summed E-state index contributed by atoms with van der Waals surface area (Å²) in [4.78, 5) is 23.6. The molecule has 92 valence electrons. The number of benzene rings is 2. The van der Waals surface area contributed by atoms with E-state index in [1.807, 2.05) is 36.4 Å². The van der Waals surface area contributed by atoms with Crippen LogP contribution in [0.4, 0.5) is 0 Å². The van der Waals surface area contributed by atoms with E-state index in [1.165, 1.54) is 0 Å². The molecular formula is C15H12FeO2. The van der Waals surface area contributed by atoms with E-state index in [-0.39, 0.29) is 29.3 Å². The van der Waals surface area contributed by atoms with Crippen molar-refractivity contribution < 1.29 is 26.7 Å². The Balaban J connectivity index is 0.00000162. The van der Waals surface area contributed by atoms with Crippen LogP contribution in [-0.4, -0.2) is 11.6 Å². The standard InChI is InChI=1S/C15H12O2.Fe/c16-14(11-12-7-3-1-4-8-12)15(17)13-9-5-2-6-10-13;/h1-10H,11H2;. The number of carbonyl (C=O) groups excluding carboxylic acids is 2. The van der Waals surface area contributed by atoms with Crippen molar-refractivity contribution >= 4 is 11.6 Å². The minimum absolute atomic E-state index is 0. The van der Waals surface area contributed by atoms with Gasteiger partial charge in [-0.05, 0) is 5.56 Å². The zero-order valence-electron chi connectivity index (χ0n) is 9.65. The van der Waals surface area contributed by atoms with Gasteiger partial charge >= 0.3 is 0 Å². The Morgan fingerprint density at radius 2 is 1.28 bits per heavy atom. The van der Waals surface area contributed by atoms with Gasteiger partial charge in [0.05, 0.1) is 0 Å². The first-order chi connectivity index (χ1) is 8.27. The molecule has 0 spiro atoms. The Labute approximate surface area is 117 Å². The first-order valence-electron chi connectivity index (χ1n) is 5.44. The molecular weight excluding hydrogens is 268 g/mol. The van der Waals surface area contributed by atoms with Gasteiger partial charge in [-0.1, -0.05) is 60.7 Å². The molecule has 0 amide bonds. The molecule has 0 bridgehead atoms. The number of hydrogen-bond donors (Lipinski definition) is 0. The molecule has 0 atom stereocenters. The summed E-state index contributed by atoms with van der Waals surface area (Å²) in [6.45, 7) is 0. The molecule has 0 fully saturated rings. The van der Waals surface area contributed by atoms with Crippen molar-refractivity contribution in [2.75, 3.05) is 0 Å². The SMILES string of the molecule is O=C(Cc1ccccc1)C(=O)c1ccccc1.[Fe]. The van der Waals surface area contributed by atoms with Crippen LogP contribution in [0.2, 0.25) is 0 Å². The summed E-state index contributed by atoms with van der Waals surface area (Å²) in [5.41, 5.74) is 1.32. The molecule has 0 unspecified atom stereocenters. The molecule has 0 aliphatic carbocycles. The first-order valence-corrected chi connectivity index (χ1v) is 5.44. The smallest absolute Gasteiger partial charge is 0.228 e. The van der Waals surface area contributed by atoms with E-state index in [4.69, 9.17) is 0 Å². The van der Waals surface area contributed by atoms with Crippen LogP contribution in [0.25, 0.3) is 0 Å². The number of hydrogen-bond acceptors (Lipinski definition) is 2. The Kier molecular flexibility index (Phi) is 5.50. The Hall–Kier alpha value is -1.70. The van der Waals surface area contributed by atoms with Crippen molar-refractivity contribution in [2.24, 2.45) is 0 Å². The molecule has 0 aliphatic rings. The Morgan fingerprint density at radius 3 is 1.83 bits per heavy atom. The summed E-state index contributed by atoms with van der Waals surface area (Å²) in [5, 5.41) is 0. The summed E-state index contributed by atoms with van der Waals surface area (Å²) in [6.07, 6.45) is 0.161. The van der Waals surface area contributed by atoms with Crippen molar-refractivity contribution in [3.05, 3.63) is 71.8 Å². The maximum Gasteiger partial charge on any atom is 0.228 e. The molecule has 0 saturated carbocycles. The zero-order valence-corrected chi connectivity index (χ0v) is 10.8. The van der Waals surface area contributed by atoms with Crippen LogP contribution in [0.15, 0.2) is 60.7 Å². The minimum atomic E-state index is -0.422. The van der Waals surface area contributed by atoms with Crippen molar-refractivity contribution in [2.45, 2.75) is 6.42 Å². The third-order valence-electron chi connectivity index (χ3n) is 2.50. The van der Waals surface area contributed by atoms with Crippen molar-refractivity contribution in [3.63, 3.8) is 0 Å². The van der Waals surface area contributed by atoms with Crippen LogP contribution in [0.3, 0.4) is 0 Å². The molecule has 0 heterocycles. The zero-order chi connectivity index (χ0) is 12.1. The van der Waals surface area contributed by atoms with E-state index in [2.05, 4.69) is 0 Å². The molecule has 2 nitrogen and oxygen atoms in total. The van der Waals surface area contributed by atoms with Gasteiger partial charge in [0.15, 0.2) is 0 Å². The number of Topliss-reactive ketones (excluding diaryl/α,β-unsaturated/α-hetero) is 2. The largest absolute Gasteiger partial charge is 0.290 e. The molecule has 0 aliphatic heterocycles. The van der Waals surface area contributed by atoms with Gasteiger partial charge in [0.1, 0.15) is 0 Å². The van der Waals surface area contributed by atoms with E-state index in [0.717, 1.165) is 5.56 Å². The van der Waals surface area contributed by atoms with E-state index in [1.54, 1.807) is 24.3 Å². The van der Waals surface area contributed by atoms with Crippen molar-refractivity contribution in [1.82, 2.24) is 0 Å². The molecule has 0 aromatic heterocycles. The van der Waals surface area contributed by atoms with E-state index < -0.39 is 5.78 Å². The van der Waals surface area contributed by atoms with Crippen molar-refractivity contribution in [3.8, 4) is 0 Å². The van der Waals surface area contributed by atoms with Gasteiger partial charge in [-0.15, -0.1) is 0 Å². The van der Waals surface area contributed by atoms with Gasteiger partial charge in [-0.25, -0.2) is 0 Å². The third-order valence-corrected chi connectivity index (χ3v) is 2.50. The van der Waals surface area contributed by atoms with Gasteiger partial charge in [0, 0.05) is 29.1 Å².